The molecule has 0 amide bonds. The summed E-state index contributed by atoms with van der Waals surface area (Å²) in [6.45, 7) is 0. The van der Waals surface area contributed by atoms with Gasteiger partial charge in [-0.3, -0.25) is 10.1 Å². The van der Waals surface area contributed by atoms with Gasteiger partial charge in [-0.15, -0.1) is 0 Å². The third-order valence-corrected chi connectivity index (χ3v) is 3.69. The average molecular weight is 306 g/mol. The van der Waals surface area contributed by atoms with Gasteiger partial charge in [-0.25, -0.2) is 4.39 Å². The predicted octanol–water partition coefficient (Wildman–Crippen LogP) is 4.27. The van der Waals surface area contributed by atoms with E-state index in [-0.39, 0.29) is 24.2 Å². The number of alkyl halides is 3. The number of rotatable bonds is 3. The molecule has 0 spiro atoms. The monoisotopic (exact) mass is 306 g/mol. The Labute approximate surface area is 118 Å². The maximum Gasteiger partial charge on any atom is 0.393 e. The fourth-order valence-electron chi connectivity index (χ4n) is 2.63. The van der Waals surface area contributed by atoms with E-state index < -0.39 is 28.9 Å². The van der Waals surface area contributed by atoms with Crippen LogP contribution in [0.25, 0.3) is 0 Å². The van der Waals surface area contributed by atoms with Crippen LogP contribution in [0.3, 0.4) is 0 Å². The molecule has 2 rings (SSSR count). The van der Waals surface area contributed by atoms with Crippen LogP contribution in [0.15, 0.2) is 18.2 Å². The standard InChI is InChI=1S/C13H14F4N2O2/c14-10-6-5-8(19(20)21)7-12(10)18-11-4-2-1-3-9(11)13(15,16)17/h5-7,9,11,18H,1-4H2. The van der Waals surface area contributed by atoms with E-state index in [1.807, 2.05) is 0 Å². The second-order valence-electron chi connectivity index (χ2n) is 5.10. The number of nitro benzene ring substituents is 1. The first-order valence-corrected chi connectivity index (χ1v) is 6.56. The Balaban J connectivity index is 2.23. The largest absolute Gasteiger partial charge is 0.393 e. The van der Waals surface area contributed by atoms with Gasteiger partial charge in [0.2, 0.25) is 0 Å². The number of benzene rings is 1. The number of nitrogens with zero attached hydrogens (tertiary/aromatic N) is 1. The number of hydrogen-bond acceptors (Lipinski definition) is 3. The van der Waals surface area contributed by atoms with Gasteiger partial charge >= 0.3 is 6.18 Å². The van der Waals surface area contributed by atoms with Gasteiger partial charge in [0.15, 0.2) is 0 Å². The molecule has 116 valence electrons. The quantitative estimate of drug-likeness (QED) is 0.515. The summed E-state index contributed by atoms with van der Waals surface area (Å²) in [7, 11) is 0. The maximum absolute atomic E-state index is 13.6. The fraction of sp³-hybridized carbons (Fsp3) is 0.538. The molecule has 0 aliphatic heterocycles. The van der Waals surface area contributed by atoms with Crippen molar-refractivity contribution in [2.75, 3.05) is 5.32 Å². The SMILES string of the molecule is O=[N+]([O-])c1ccc(F)c(NC2CCCCC2C(F)(F)F)c1. The first-order chi connectivity index (χ1) is 9.79. The Bertz CT molecular complexity index is 533. The van der Waals surface area contributed by atoms with Gasteiger partial charge in [0.25, 0.3) is 5.69 Å². The molecule has 2 atom stereocenters. The third kappa shape index (κ3) is 3.62. The van der Waals surface area contributed by atoms with Gasteiger partial charge in [-0.2, -0.15) is 13.2 Å². The molecule has 0 heterocycles. The van der Waals surface area contributed by atoms with E-state index in [0.717, 1.165) is 18.2 Å². The zero-order chi connectivity index (χ0) is 15.6. The average Bonchev–Trinajstić information content (AvgIpc) is 2.40. The van der Waals surface area contributed by atoms with Crippen molar-refractivity contribution in [1.82, 2.24) is 0 Å². The summed E-state index contributed by atoms with van der Waals surface area (Å²) in [5, 5.41) is 13.2. The van der Waals surface area contributed by atoms with Crippen molar-refractivity contribution in [3.8, 4) is 0 Å². The van der Waals surface area contributed by atoms with Crippen molar-refractivity contribution in [1.29, 1.82) is 0 Å². The zero-order valence-electron chi connectivity index (χ0n) is 11.0. The Hall–Kier alpha value is -1.86. The van der Waals surface area contributed by atoms with Gasteiger partial charge in [-0.1, -0.05) is 12.8 Å². The number of nitro groups is 1. The molecule has 1 aliphatic carbocycles. The molecule has 1 aromatic carbocycles. The molecule has 1 N–H and O–H groups in total. The van der Waals surface area contributed by atoms with Gasteiger partial charge in [0, 0.05) is 18.2 Å². The van der Waals surface area contributed by atoms with Crippen LogP contribution < -0.4 is 5.32 Å². The predicted molar refractivity (Wildman–Crippen MR) is 68.5 cm³/mol. The van der Waals surface area contributed by atoms with Crippen molar-refractivity contribution < 1.29 is 22.5 Å². The smallest absolute Gasteiger partial charge is 0.379 e. The lowest BCUT2D eigenvalue weighted by atomic mass is 9.84. The van der Waals surface area contributed by atoms with Gasteiger partial charge in [0.05, 0.1) is 16.5 Å². The van der Waals surface area contributed by atoms with E-state index in [1.165, 1.54) is 0 Å². The van der Waals surface area contributed by atoms with Crippen molar-refractivity contribution in [2.24, 2.45) is 5.92 Å². The summed E-state index contributed by atoms with van der Waals surface area (Å²) >= 11 is 0. The molecule has 21 heavy (non-hydrogen) atoms. The van der Waals surface area contributed by atoms with Crippen LogP contribution in [0.2, 0.25) is 0 Å². The number of nitrogens with one attached hydrogen (secondary N) is 1. The highest BCUT2D eigenvalue weighted by molar-refractivity contribution is 5.53. The van der Waals surface area contributed by atoms with Crippen molar-refractivity contribution in [2.45, 2.75) is 37.9 Å². The first kappa shape index (κ1) is 15.5. The van der Waals surface area contributed by atoms with E-state index in [1.54, 1.807) is 0 Å². The number of halogens is 4. The minimum absolute atomic E-state index is 0.0162. The van der Waals surface area contributed by atoms with Crippen LogP contribution in [0.1, 0.15) is 25.7 Å². The molecular weight excluding hydrogens is 292 g/mol. The zero-order valence-corrected chi connectivity index (χ0v) is 11.0. The normalized spacial score (nSPS) is 22.9. The summed E-state index contributed by atoms with van der Waals surface area (Å²) in [5.41, 5.74) is -0.622. The van der Waals surface area contributed by atoms with E-state index >= 15 is 0 Å². The molecule has 0 radical (unpaired) electrons. The Morgan fingerprint density at radius 3 is 2.52 bits per heavy atom. The minimum Gasteiger partial charge on any atom is -0.379 e. The molecule has 0 bridgehead atoms. The lowest BCUT2D eigenvalue weighted by molar-refractivity contribution is -0.384. The van der Waals surface area contributed by atoms with Crippen molar-refractivity contribution in [3.05, 3.63) is 34.1 Å². The molecule has 1 aromatic rings. The second-order valence-corrected chi connectivity index (χ2v) is 5.10. The van der Waals surface area contributed by atoms with Crippen LogP contribution >= 0.6 is 0 Å². The molecule has 0 saturated heterocycles. The summed E-state index contributed by atoms with van der Waals surface area (Å²) in [6, 6.07) is 1.82. The summed E-state index contributed by atoms with van der Waals surface area (Å²) < 4.78 is 52.5. The third-order valence-electron chi connectivity index (χ3n) is 3.69. The van der Waals surface area contributed by atoms with E-state index in [2.05, 4.69) is 5.32 Å². The topological polar surface area (TPSA) is 55.2 Å². The molecule has 1 aliphatic rings. The Morgan fingerprint density at radius 2 is 1.90 bits per heavy atom. The van der Waals surface area contributed by atoms with Crippen LogP contribution in [0, 0.1) is 21.8 Å². The first-order valence-electron chi connectivity index (χ1n) is 6.56. The van der Waals surface area contributed by atoms with Gasteiger partial charge < -0.3 is 5.32 Å². The Morgan fingerprint density at radius 1 is 1.24 bits per heavy atom. The highest BCUT2D eigenvalue weighted by atomic mass is 19.4. The number of anilines is 1. The summed E-state index contributed by atoms with van der Waals surface area (Å²) in [6.07, 6.45) is -3.04. The second kappa shape index (κ2) is 5.87. The highest BCUT2D eigenvalue weighted by Gasteiger charge is 2.45. The van der Waals surface area contributed by atoms with E-state index in [4.69, 9.17) is 0 Å². The molecule has 2 unspecified atom stereocenters. The maximum atomic E-state index is 13.6. The summed E-state index contributed by atoms with van der Waals surface area (Å²) in [5.74, 6) is -2.36. The molecule has 1 saturated carbocycles. The lowest BCUT2D eigenvalue weighted by Crippen LogP contribution is -2.41. The van der Waals surface area contributed by atoms with Crippen LogP contribution in [0.4, 0.5) is 28.9 Å². The van der Waals surface area contributed by atoms with Gasteiger partial charge in [-0.05, 0) is 18.9 Å². The van der Waals surface area contributed by atoms with Crippen LogP contribution in [-0.4, -0.2) is 17.1 Å². The lowest BCUT2D eigenvalue weighted by Gasteiger charge is -2.34. The van der Waals surface area contributed by atoms with E-state index in [9.17, 15) is 27.7 Å². The van der Waals surface area contributed by atoms with Crippen molar-refractivity contribution >= 4 is 11.4 Å². The highest BCUT2D eigenvalue weighted by Crippen LogP contribution is 2.39. The van der Waals surface area contributed by atoms with Gasteiger partial charge in [0.1, 0.15) is 5.82 Å². The minimum atomic E-state index is -4.37. The number of non-ortho nitro benzene ring substituents is 1. The van der Waals surface area contributed by atoms with Crippen LogP contribution in [-0.2, 0) is 0 Å². The van der Waals surface area contributed by atoms with Crippen molar-refractivity contribution in [3.63, 3.8) is 0 Å². The van der Waals surface area contributed by atoms with Crippen LogP contribution in [0.5, 0.6) is 0 Å². The summed E-state index contributed by atoms with van der Waals surface area (Å²) in [4.78, 5) is 9.94. The van der Waals surface area contributed by atoms with E-state index in [0.29, 0.717) is 12.8 Å². The fourth-order valence-corrected chi connectivity index (χ4v) is 2.63. The molecule has 8 heteroatoms. The Kier molecular flexibility index (Phi) is 4.34. The molecule has 4 nitrogen and oxygen atoms in total. The molecular formula is C13H14F4N2O2. The number of hydrogen-bond donors (Lipinski definition) is 1. The molecule has 1 fully saturated rings. The molecule has 0 aromatic heterocycles.